The van der Waals surface area contributed by atoms with Crippen LogP contribution >= 0.6 is 0 Å². The van der Waals surface area contributed by atoms with Gasteiger partial charge in [0, 0.05) is 0 Å². The van der Waals surface area contributed by atoms with Crippen LogP contribution in [0.3, 0.4) is 0 Å². The monoisotopic (exact) mass is 351 g/mol. The van der Waals surface area contributed by atoms with E-state index in [1.165, 1.54) is 0 Å². The lowest BCUT2D eigenvalue weighted by molar-refractivity contribution is 0.408. The number of benzene rings is 2. The molecule has 0 bridgehead atoms. The van der Waals surface area contributed by atoms with Crippen molar-refractivity contribution in [1.82, 2.24) is 14.8 Å². The standard InChI is InChI=1S/C19H21N5O2/c1-25-14-8-6-12(7-9-14)17-11-16(13-4-3-5-15(10-13)26-2)21-19-22-18(20)23-24(17)19/h3-10,16-17H,11H2,1-2H3,(H3,20,21,22,23). The number of hydrogen-bond donors (Lipinski definition) is 2. The normalized spacial score (nSPS) is 18.7. The first-order valence-corrected chi connectivity index (χ1v) is 8.44. The number of nitrogen functional groups attached to an aromatic ring is 1. The Bertz CT molecular complexity index is 907. The molecule has 26 heavy (non-hydrogen) atoms. The number of nitrogens with zero attached hydrogens (tertiary/aromatic N) is 3. The summed E-state index contributed by atoms with van der Waals surface area (Å²) in [6, 6.07) is 16.2. The quantitative estimate of drug-likeness (QED) is 0.751. The Hall–Kier alpha value is -3.22. The molecule has 0 radical (unpaired) electrons. The summed E-state index contributed by atoms with van der Waals surface area (Å²) in [5.74, 6) is 2.59. The molecule has 1 aromatic heterocycles. The average molecular weight is 351 g/mol. The molecular weight excluding hydrogens is 330 g/mol. The second kappa shape index (κ2) is 6.59. The number of methoxy groups -OCH3 is 2. The summed E-state index contributed by atoms with van der Waals surface area (Å²) in [4.78, 5) is 4.34. The SMILES string of the molecule is COc1ccc(C2CC(c3cccc(OC)c3)Nc3nc(N)nn32)cc1. The van der Waals surface area contributed by atoms with Crippen molar-refractivity contribution in [1.29, 1.82) is 0 Å². The Morgan fingerprint density at radius 2 is 1.81 bits per heavy atom. The molecule has 0 saturated carbocycles. The Balaban J connectivity index is 1.72. The lowest BCUT2D eigenvalue weighted by Gasteiger charge is -2.31. The van der Waals surface area contributed by atoms with E-state index in [1.807, 2.05) is 35.0 Å². The van der Waals surface area contributed by atoms with Crippen LogP contribution in [-0.4, -0.2) is 29.0 Å². The highest BCUT2D eigenvalue weighted by Crippen LogP contribution is 2.38. The lowest BCUT2D eigenvalue weighted by Crippen LogP contribution is -2.28. The lowest BCUT2D eigenvalue weighted by atomic mass is 9.93. The van der Waals surface area contributed by atoms with Crippen LogP contribution in [0.15, 0.2) is 48.5 Å². The number of ether oxygens (including phenoxy) is 2. The number of rotatable bonds is 4. The third-order valence-corrected chi connectivity index (χ3v) is 4.70. The second-order valence-electron chi connectivity index (χ2n) is 6.24. The smallest absolute Gasteiger partial charge is 0.241 e. The number of aromatic nitrogens is 3. The highest BCUT2D eigenvalue weighted by atomic mass is 16.5. The number of nitrogens with one attached hydrogen (secondary N) is 1. The van der Waals surface area contributed by atoms with Crippen molar-refractivity contribution >= 4 is 11.9 Å². The summed E-state index contributed by atoms with van der Waals surface area (Å²) in [6.45, 7) is 0. The van der Waals surface area contributed by atoms with Crippen molar-refractivity contribution in [3.63, 3.8) is 0 Å². The maximum absolute atomic E-state index is 5.85. The zero-order valence-electron chi connectivity index (χ0n) is 14.7. The van der Waals surface area contributed by atoms with E-state index in [0.29, 0.717) is 5.95 Å². The Labute approximate surface area is 151 Å². The molecule has 2 unspecified atom stereocenters. The molecule has 0 saturated heterocycles. The van der Waals surface area contributed by atoms with E-state index in [4.69, 9.17) is 15.2 Å². The van der Waals surface area contributed by atoms with Gasteiger partial charge in [-0.25, -0.2) is 4.68 Å². The summed E-state index contributed by atoms with van der Waals surface area (Å²) in [6.07, 6.45) is 0.815. The van der Waals surface area contributed by atoms with E-state index in [9.17, 15) is 0 Å². The van der Waals surface area contributed by atoms with Crippen molar-refractivity contribution in [2.24, 2.45) is 0 Å². The molecule has 134 valence electrons. The molecule has 2 aromatic carbocycles. The van der Waals surface area contributed by atoms with E-state index in [-0.39, 0.29) is 18.0 Å². The fourth-order valence-corrected chi connectivity index (χ4v) is 3.37. The van der Waals surface area contributed by atoms with Gasteiger partial charge in [0.25, 0.3) is 0 Å². The van der Waals surface area contributed by atoms with Crippen molar-refractivity contribution in [2.45, 2.75) is 18.5 Å². The maximum Gasteiger partial charge on any atom is 0.241 e. The van der Waals surface area contributed by atoms with Gasteiger partial charge < -0.3 is 20.5 Å². The number of fused-ring (bicyclic) bond motifs is 1. The minimum atomic E-state index is 0.0261. The summed E-state index contributed by atoms with van der Waals surface area (Å²) in [7, 11) is 3.33. The van der Waals surface area contributed by atoms with Crippen molar-refractivity contribution in [2.75, 3.05) is 25.3 Å². The molecule has 0 amide bonds. The first-order valence-electron chi connectivity index (χ1n) is 8.44. The van der Waals surface area contributed by atoms with Gasteiger partial charge in [0.1, 0.15) is 11.5 Å². The fourth-order valence-electron chi connectivity index (χ4n) is 3.37. The summed E-state index contributed by atoms with van der Waals surface area (Å²) >= 11 is 0. The van der Waals surface area contributed by atoms with E-state index in [0.717, 1.165) is 29.0 Å². The average Bonchev–Trinajstić information content (AvgIpc) is 3.07. The third-order valence-electron chi connectivity index (χ3n) is 4.70. The van der Waals surface area contributed by atoms with Crippen LogP contribution in [0.2, 0.25) is 0 Å². The summed E-state index contributed by atoms with van der Waals surface area (Å²) in [5.41, 5.74) is 8.12. The minimum Gasteiger partial charge on any atom is -0.497 e. The van der Waals surface area contributed by atoms with Crippen LogP contribution in [0.1, 0.15) is 29.6 Å². The van der Waals surface area contributed by atoms with E-state index in [2.05, 4.69) is 33.6 Å². The molecular formula is C19H21N5O2. The molecule has 3 aromatic rings. The van der Waals surface area contributed by atoms with E-state index < -0.39 is 0 Å². The largest absolute Gasteiger partial charge is 0.497 e. The first-order chi connectivity index (χ1) is 12.7. The minimum absolute atomic E-state index is 0.0261. The van der Waals surface area contributed by atoms with Crippen LogP contribution in [0.25, 0.3) is 0 Å². The molecule has 3 N–H and O–H groups in total. The fraction of sp³-hybridized carbons (Fsp3) is 0.263. The first kappa shape index (κ1) is 16.3. The maximum atomic E-state index is 5.85. The molecule has 7 nitrogen and oxygen atoms in total. The number of nitrogens with two attached hydrogens (primary N) is 1. The molecule has 2 atom stereocenters. The topological polar surface area (TPSA) is 87.2 Å². The predicted molar refractivity (Wildman–Crippen MR) is 99.5 cm³/mol. The molecule has 0 spiro atoms. The van der Waals surface area contributed by atoms with Gasteiger partial charge in [-0.2, -0.15) is 4.98 Å². The zero-order chi connectivity index (χ0) is 18.1. The molecule has 0 aliphatic carbocycles. The van der Waals surface area contributed by atoms with Crippen molar-refractivity contribution < 1.29 is 9.47 Å². The van der Waals surface area contributed by atoms with Crippen LogP contribution in [0.4, 0.5) is 11.9 Å². The molecule has 0 fully saturated rings. The van der Waals surface area contributed by atoms with Crippen molar-refractivity contribution in [3.05, 3.63) is 59.7 Å². The van der Waals surface area contributed by atoms with Gasteiger partial charge in [-0.3, -0.25) is 0 Å². The van der Waals surface area contributed by atoms with Gasteiger partial charge in [-0.15, -0.1) is 5.10 Å². The van der Waals surface area contributed by atoms with Gasteiger partial charge in [0.05, 0.1) is 26.3 Å². The van der Waals surface area contributed by atoms with Crippen LogP contribution in [0.5, 0.6) is 11.5 Å². The third kappa shape index (κ3) is 2.92. The van der Waals surface area contributed by atoms with Gasteiger partial charge >= 0.3 is 0 Å². The molecule has 4 rings (SSSR count). The van der Waals surface area contributed by atoms with Gasteiger partial charge in [0.15, 0.2) is 0 Å². The molecule has 1 aliphatic heterocycles. The highest BCUT2D eigenvalue weighted by Gasteiger charge is 2.31. The summed E-state index contributed by atoms with van der Waals surface area (Å²) < 4.78 is 12.5. The second-order valence-corrected chi connectivity index (χ2v) is 6.24. The van der Waals surface area contributed by atoms with Crippen molar-refractivity contribution in [3.8, 4) is 11.5 Å². The zero-order valence-corrected chi connectivity index (χ0v) is 14.7. The van der Waals surface area contributed by atoms with Crippen LogP contribution in [-0.2, 0) is 0 Å². The molecule has 2 heterocycles. The molecule has 7 heteroatoms. The summed E-state index contributed by atoms with van der Waals surface area (Å²) in [5, 5.41) is 7.82. The van der Waals surface area contributed by atoms with Crippen LogP contribution in [0, 0.1) is 0 Å². The Morgan fingerprint density at radius 3 is 2.54 bits per heavy atom. The highest BCUT2D eigenvalue weighted by molar-refractivity contribution is 5.43. The van der Waals surface area contributed by atoms with E-state index in [1.54, 1.807) is 14.2 Å². The van der Waals surface area contributed by atoms with Crippen LogP contribution < -0.4 is 20.5 Å². The Morgan fingerprint density at radius 1 is 1.04 bits per heavy atom. The van der Waals surface area contributed by atoms with E-state index >= 15 is 0 Å². The van der Waals surface area contributed by atoms with Gasteiger partial charge in [0.2, 0.25) is 11.9 Å². The van der Waals surface area contributed by atoms with Gasteiger partial charge in [-0.05, 0) is 41.8 Å². The number of anilines is 2. The number of hydrogen-bond acceptors (Lipinski definition) is 6. The predicted octanol–water partition coefficient (Wildman–Crippen LogP) is 3.02. The van der Waals surface area contributed by atoms with Gasteiger partial charge in [-0.1, -0.05) is 24.3 Å². The molecule has 1 aliphatic rings. The Kier molecular flexibility index (Phi) is 4.12.